The molecule has 5 N–H and O–H groups in total. The average molecular weight is 145 g/mol. The van der Waals surface area contributed by atoms with Crippen LogP contribution in [0.4, 0.5) is 0 Å². The molecular weight excluding hydrogens is 126 g/mol. The van der Waals surface area contributed by atoms with Gasteiger partial charge in [0, 0.05) is 0 Å². The zero-order valence-electron chi connectivity index (χ0n) is 6.98. The summed E-state index contributed by atoms with van der Waals surface area (Å²) in [5.41, 5.74) is 9.91. The first kappa shape index (κ1) is 12.1. The van der Waals surface area contributed by atoms with E-state index in [0.29, 0.717) is 0 Å². The number of rotatable bonds is 3. The summed E-state index contributed by atoms with van der Waals surface area (Å²) in [7, 11) is 0. The standard InChI is InChI=1S/C5H13N.C2H6N2/c1-2-3-4-5-6;1-2(3)4/h2-6H2,1H3;1H3,(H3,3,4). The van der Waals surface area contributed by atoms with Gasteiger partial charge in [0.1, 0.15) is 0 Å². The molecule has 0 spiro atoms. The molecule has 10 heavy (non-hydrogen) atoms. The van der Waals surface area contributed by atoms with Gasteiger partial charge in [0.25, 0.3) is 0 Å². The Morgan fingerprint density at radius 2 is 1.80 bits per heavy atom. The van der Waals surface area contributed by atoms with Crippen LogP contribution in [-0.4, -0.2) is 12.4 Å². The molecule has 0 aliphatic carbocycles. The molecule has 0 bridgehead atoms. The van der Waals surface area contributed by atoms with E-state index in [4.69, 9.17) is 16.9 Å². The fraction of sp³-hybridized carbons (Fsp3) is 0.857. The van der Waals surface area contributed by atoms with Gasteiger partial charge in [-0.25, -0.2) is 0 Å². The summed E-state index contributed by atoms with van der Waals surface area (Å²) in [4.78, 5) is 0. The molecule has 0 aromatic heterocycles. The molecule has 0 aromatic rings. The molecule has 0 saturated heterocycles. The van der Waals surface area contributed by atoms with Crippen molar-refractivity contribution in [2.75, 3.05) is 6.54 Å². The molecule has 0 saturated carbocycles. The van der Waals surface area contributed by atoms with Gasteiger partial charge in [-0.05, 0) is 19.9 Å². The largest absolute Gasteiger partial charge is 0.388 e. The summed E-state index contributed by atoms with van der Waals surface area (Å²) in [5, 5.41) is 6.28. The summed E-state index contributed by atoms with van der Waals surface area (Å²) in [6.07, 6.45) is 3.75. The second-order valence-corrected chi connectivity index (χ2v) is 2.18. The van der Waals surface area contributed by atoms with Crippen LogP contribution in [0.5, 0.6) is 0 Å². The van der Waals surface area contributed by atoms with Crippen LogP contribution in [0.15, 0.2) is 0 Å². The molecule has 3 heteroatoms. The van der Waals surface area contributed by atoms with Crippen LogP contribution in [0.2, 0.25) is 0 Å². The van der Waals surface area contributed by atoms with Crippen molar-refractivity contribution in [3.05, 3.63) is 0 Å². The predicted octanol–water partition coefficient (Wildman–Crippen LogP) is 1.08. The van der Waals surface area contributed by atoms with Gasteiger partial charge in [-0.3, -0.25) is 5.41 Å². The molecule has 0 aliphatic rings. The maximum Gasteiger partial charge on any atom is 0.0873 e. The van der Waals surface area contributed by atoms with Gasteiger partial charge < -0.3 is 11.5 Å². The third kappa shape index (κ3) is 52.0. The van der Waals surface area contributed by atoms with Crippen LogP contribution < -0.4 is 11.5 Å². The van der Waals surface area contributed by atoms with E-state index in [1.807, 2.05) is 0 Å². The third-order valence-electron chi connectivity index (χ3n) is 0.808. The normalized spacial score (nSPS) is 7.90. The maximum atomic E-state index is 6.28. The number of unbranched alkanes of at least 4 members (excludes halogenated alkanes) is 2. The molecule has 0 fully saturated rings. The quantitative estimate of drug-likeness (QED) is 0.316. The van der Waals surface area contributed by atoms with Crippen molar-refractivity contribution in [1.82, 2.24) is 0 Å². The summed E-state index contributed by atoms with van der Waals surface area (Å²) in [6.45, 7) is 4.56. The lowest BCUT2D eigenvalue weighted by molar-refractivity contribution is 0.727. The van der Waals surface area contributed by atoms with E-state index in [9.17, 15) is 0 Å². The first-order chi connectivity index (χ1) is 4.65. The van der Waals surface area contributed by atoms with E-state index >= 15 is 0 Å². The zero-order valence-corrected chi connectivity index (χ0v) is 6.98. The van der Waals surface area contributed by atoms with Gasteiger partial charge in [-0.1, -0.05) is 19.8 Å². The Morgan fingerprint density at radius 1 is 1.40 bits per heavy atom. The minimum atomic E-state index is 0.167. The second kappa shape index (κ2) is 11.3. The van der Waals surface area contributed by atoms with Gasteiger partial charge >= 0.3 is 0 Å². The van der Waals surface area contributed by atoms with Crippen LogP contribution in [0, 0.1) is 5.41 Å². The van der Waals surface area contributed by atoms with E-state index < -0.39 is 0 Å². The molecule has 0 aromatic carbocycles. The monoisotopic (exact) mass is 145 g/mol. The van der Waals surface area contributed by atoms with Crippen molar-refractivity contribution in [1.29, 1.82) is 5.41 Å². The van der Waals surface area contributed by atoms with Crippen LogP contribution in [-0.2, 0) is 0 Å². The molecule has 0 amide bonds. The highest BCUT2D eigenvalue weighted by atomic mass is 14.7. The molecule has 0 atom stereocenters. The topological polar surface area (TPSA) is 75.9 Å². The minimum Gasteiger partial charge on any atom is -0.388 e. The predicted molar refractivity (Wildman–Crippen MR) is 46.2 cm³/mol. The molecular formula is C7H19N3. The van der Waals surface area contributed by atoms with Gasteiger partial charge in [0.2, 0.25) is 0 Å². The Labute approximate surface area is 63.3 Å². The number of hydrogen-bond donors (Lipinski definition) is 3. The Morgan fingerprint density at radius 3 is 1.90 bits per heavy atom. The SMILES string of the molecule is CC(=N)N.CCCCCN. The van der Waals surface area contributed by atoms with Gasteiger partial charge in [-0.2, -0.15) is 0 Å². The average Bonchev–Trinajstić information content (AvgIpc) is 1.82. The lowest BCUT2D eigenvalue weighted by Crippen LogP contribution is -2.00. The van der Waals surface area contributed by atoms with Crippen LogP contribution in [0.25, 0.3) is 0 Å². The van der Waals surface area contributed by atoms with Crippen molar-refractivity contribution >= 4 is 5.84 Å². The molecule has 3 nitrogen and oxygen atoms in total. The lowest BCUT2D eigenvalue weighted by Gasteiger charge is -1.86. The highest BCUT2D eigenvalue weighted by Gasteiger charge is 1.75. The molecule has 0 unspecified atom stereocenters. The minimum absolute atomic E-state index is 0.167. The fourth-order valence-electron chi connectivity index (χ4n) is 0.394. The number of amidine groups is 1. The van der Waals surface area contributed by atoms with Crippen LogP contribution in [0.3, 0.4) is 0 Å². The lowest BCUT2D eigenvalue weighted by atomic mass is 10.3. The van der Waals surface area contributed by atoms with Gasteiger partial charge in [0.05, 0.1) is 5.84 Å². The van der Waals surface area contributed by atoms with Crippen molar-refractivity contribution in [3.63, 3.8) is 0 Å². The van der Waals surface area contributed by atoms with E-state index in [1.54, 1.807) is 0 Å². The van der Waals surface area contributed by atoms with Crippen molar-refractivity contribution in [2.45, 2.75) is 33.1 Å². The Balaban J connectivity index is 0. The Hall–Kier alpha value is -0.570. The highest BCUT2D eigenvalue weighted by molar-refractivity contribution is 5.73. The van der Waals surface area contributed by atoms with Crippen LogP contribution >= 0.6 is 0 Å². The van der Waals surface area contributed by atoms with Crippen molar-refractivity contribution in [3.8, 4) is 0 Å². The number of hydrogen-bond acceptors (Lipinski definition) is 2. The van der Waals surface area contributed by atoms with E-state index in [0.717, 1.165) is 6.54 Å². The summed E-state index contributed by atoms with van der Waals surface area (Å²) in [6, 6.07) is 0. The molecule has 0 rings (SSSR count). The fourth-order valence-corrected chi connectivity index (χ4v) is 0.394. The summed E-state index contributed by atoms with van der Waals surface area (Å²) >= 11 is 0. The van der Waals surface area contributed by atoms with Crippen LogP contribution in [0.1, 0.15) is 33.1 Å². The summed E-state index contributed by atoms with van der Waals surface area (Å²) in [5.74, 6) is 0.167. The van der Waals surface area contributed by atoms with Crippen molar-refractivity contribution < 1.29 is 0 Å². The molecule has 0 heterocycles. The first-order valence-corrected chi connectivity index (χ1v) is 3.65. The zero-order chi connectivity index (χ0) is 8.41. The highest BCUT2D eigenvalue weighted by Crippen LogP contribution is 1.88. The van der Waals surface area contributed by atoms with Gasteiger partial charge in [-0.15, -0.1) is 0 Å². The Kier molecular flexibility index (Phi) is 13.7. The molecule has 62 valence electrons. The smallest absolute Gasteiger partial charge is 0.0873 e. The summed E-state index contributed by atoms with van der Waals surface area (Å²) < 4.78 is 0. The van der Waals surface area contributed by atoms with E-state index in [2.05, 4.69) is 6.92 Å². The van der Waals surface area contributed by atoms with Crippen molar-refractivity contribution in [2.24, 2.45) is 11.5 Å². The molecule has 0 aliphatic heterocycles. The maximum absolute atomic E-state index is 6.28. The molecule has 0 radical (unpaired) electrons. The third-order valence-corrected chi connectivity index (χ3v) is 0.808. The Bertz CT molecular complexity index is 63.3. The second-order valence-electron chi connectivity index (χ2n) is 2.18. The van der Waals surface area contributed by atoms with Gasteiger partial charge in [0.15, 0.2) is 0 Å². The van der Waals surface area contributed by atoms with E-state index in [1.165, 1.54) is 26.2 Å². The first-order valence-electron chi connectivity index (χ1n) is 3.65. The number of nitrogens with two attached hydrogens (primary N) is 2. The van der Waals surface area contributed by atoms with E-state index in [-0.39, 0.29) is 5.84 Å². The number of nitrogens with one attached hydrogen (secondary N) is 1.